The molecule has 0 amide bonds. The van der Waals surface area contributed by atoms with Crippen molar-refractivity contribution >= 4 is 22.6 Å². The van der Waals surface area contributed by atoms with Crippen molar-refractivity contribution in [2.24, 2.45) is 0 Å². The number of hydrogen-bond acceptors (Lipinski definition) is 3. The minimum absolute atomic E-state index is 0. The van der Waals surface area contributed by atoms with Gasteiger partial charge in [-0.2, -0.15) is 0 Å². The number of halogens is 3. The Morgan fingerprint density at radius 1 is 1.12 bits per heavy atom. The first-order valence-corrected chi connectivity index (χ1v) is 8.64. The van der Waals surface area contributed by atoms with Crippen LogP contribution in [0, 0.1) is 11.6 Å². The molecule has 0 saturated heterocycles. The maximum Gasteiger partial charge on any atom is 0.223 e. The van der Waals surface area contributed by atoms with Crippen molar-refractivity contribution in [2.75, 3.05) is 0 Å². The smallest absolute Gasteiger partial charge is 0.223 e. The number of hydrogen-bond donors (Lipinski definition) is 0. The Hall–Kier alpha value is -2.08. The van der Waals surface area contributed by atoms with E-state index in [0.717, 1.165) is 24.9 Å². The molecule has 3 aromatic rings. The number of imidazole rings is 1. The van der Waals surface area contributed by atoms with E-state index in [2.05, 4.69) is 28.8 Å². The van der Waals surface area contributed by atoms with Gasteiger partial charge in [0.1, 0.15) is 17.0 Å². The van der Waals surface area contributed by atoms with Crippen molar-refractivity contribution in [1.82, 2.24) is 19.5 Å². The van der Waals surface area contributed by atoms with E-state index in [9.17, 15) is 8.78 Å². The zero-order valence-electron chi connectivity index (χ0n) is 14.6. The van der Waals surface area contributed by atoms with Gasteiger partial charge in [-0.15, -0.1) is 0 Å². The number of rotatable bonds is 1. The molecule has 0 atom stereocenters. The van der Waals surface area contributed by atoms with E-state index in [1.807, 2.05) is 18.4 Å². The Morgan fingerprint density at radius 2 is 1.81 bits per heavy atom. The molecule has 1 aliphatic heterocycles. The van der Waals surface area contributed by atoms with Crippen LogP contribution in [0.15, 0.2) is 18.3 Å². The average Bonchev–Trinajstić information content (AvgIpc) is 3.10. The molecule has 0 fully saturated rings. The summed E-state index contributed by atoms with van der Waals surface area (Å²) >= 11 is 5.74. The van der Waals surface area contributed by atoms with Crippen molar-refractivity contribution in [3.05, 3.63) is 41.1 Å². The summed E-state index contributed by atoms with van der Waals surface area (Å²) in [5.41, 5.74) is 1.10. The van der Waals surface area contributed by atoms with Gasteiger partial charge in [-0.05, 0) is 44.0 Å². The van der Waals surface area contributed by atoms with E-state index in [4.69, 9.17) is 11.6 Å². The quantitative estimate of drug-likeness (QED) is 0.503. The molecule has 0 radical (unpaired) electrons. The molecule has 140 valence electrons. The fraction of sp³-hybridized carbons (Fsp3) is 0.421. The van der Waals surface area contributed by atoms with Gasteiger partial charge in [-0.25, -0.2) is 23.7 Å². The number of fused-ring (bicyclic) bond motifs is 3. The molecule has 4 nitrogen and oxygen atoms in total. The molecule has 7 heteroatoms. The largest absolute Gasteiger partial charge is 0.322 e. The fourth-order valence-electron chi connectivity index (χ4n) is 3.24. The number of nitrogens with zero attached hydrogens (tertiary/aromatic N) is 4. The summed E-state index contributed by atoms with van der Waals surface area (Å²) in [5, 5.41) is -0.0826. The van der Waals surface area contributed by atoms with Crippen molar-refractivity contribution in [3.8, 4) is 11.3 Å². The van der Waals surface area contributed by atoms with E-state index >= 15 is 0 Å². The van der Waals surface area contributed by atoms with Gasteiger partial charge >= 0.3 is 0 Å². The van der Waals surface area contributed by atoms with E-state index in [1.165, 1.54) is 6.07 Å². The molecule has 0 N–H and O–H groups in total. The van der Waals surface area contributed by atoms with Crippen molar-refractivity contribution in [3.63, 3.8) is 0 Å². The van der Waals surface area contributed by atoms with E-state index in [-0.39, 0.29) is 23.9 Å². The van der Waals surface area contributed by atoms with E-state index in [1.54, 1.807) is 6.07 Å². The summed E-state index contributed by atoms with van der Waals surface area (Å²) in [6.45, 7) is 8.16. The van der Waals surface area contributed by atoms with Crippen molar-refractivity contribution in [1.29, 1.82) is 0 Å². The highest BCUT2D eigenvalue weighted by Crippen LogP contribution is 2.37. The molecule has 4 rings (SSSR count). The molecule has 1 aromatic carbocycles. The Kier molecular flexibility index (Phi) is 5.66. The summed E-state index contributed by atoms with van der Waals surface area (Å²) in [5.74, 6) is -0.292. The summed E-state index contributed by atoms with van der Waals surface area (Å²) in [6, 6.07) is 2.95. The third-order valence-corrected chi connectivity index (χ3v) is 4.52. The highest BCUT2D eigenvalue weighted by Gasteiger charge is 2.33. The molecular weight excluding hydrogens is 358 g/mol. The molecule has 26 heavy (non-hydrogen) atoms. The van der Waals surface area contributed by atoms with Crippen LogP contribution in [0.4, 0.5) is 8.78 Å². The standard InChI is InChI=1S/C16H13ClF2N4.C2H6.CH4/c1-16(2)4-3-12-21-14-9(18)5-8(6-11(14)23(12)16)13-10(19)7-20-15(17)22-13;1-2;/h5-7H,3-4H2,1-2H3;1-2H3;1H4. The summed E-state index contributed by atoms with van der Waals surface area (Å²) in [4.78, 5) is 11.9. The highest BCUT2D eigenvalue weighted by molar-refractivity contribution is 6.28. The van der Waals surface area contributed by atoms with Crippen molar-refractivity contribution < 1.29 is 8.78 Å². The first kappa shape index (κ1) is 20.2. The second-order valence-electron chi connectivity index (χ2n) is 6.34. The van der Waals surface area contributed by atoms with Crippen LogP contribution >= 0.6 is 11.6 Å². The van der Waals surface area contributed by atoms with Crippen LogP contribution in [0.1, 0.15) is 47.4 Å². The Bertz CT molecular complexity index is 950. The minimum Gasteiger partial charge on any atom is -0.322 e. The number of benzene rings is 1. The van der Waals surface area contributed by atoms with Gasteiger partial charge in [-0.1, -0.05) is 21.3 Å². The predicted molar refractivity (Wildman–Crippen MR) is 101 cm³/mol. The van der Waals surface area contributed by atoms with E-state index < -0.39 is 11.6 Å². The average molecular weight is 381 g/mol. The summed E-state index contributed by atoms with van der Waals surface area (Å²) in [7, 11) is 0. The lowest BCUT2D eigenvalue weighted by atomic mass is 10.0. The molecule has 0 saturated carbocycles. The maximum absolute atomic E-state index is 14.5. The lowest BCUT2D eigenvalue weighted by molar-refractivity contribution is 0.386. The molecule has 0 aliphatic carbocycles. The second-order valence-corrected chi connectivity index (χ2v) is 6.68. The van der Waals surface area contributed by atoms with E-state index in [0.29, 0.717) is 16.6 Å². The van der Waals surface area contributed by atoms with Crippen LogP contribution in [0.2, 0.25) is 5.28 Å². The van der Waals surface area contributed by atoms with Gasteiger partial charge in [-0.3, -0.25) is 0 Å². The van der Waals surface area contributed by atoms with Gasteiger partial charge in [0.25, 0.3) is 0 Å². The summed E-state index contributed by atoms with van der Waals surface area (Å²) < 4.78 is 30.5. The zero-order chi connectivity index (χ0) is 18.4. The number of aromatic nitrogens is 4. The van der Waals surface area contributed by atoms with Crippen LogP contribution < -0.4 is 0 Å². The lowest BCUT2D eigenvalue weighted by Crippen LogP contribution is -2.21. The van der Waals surface area contributed by atoms with Crippen molar-refractivity contribution in [2.45, 2.75) is 53.5 Å². The Labute approximate surface area is 157 Å². The normalized spacial score (nSPS) is 14.4. The van der Waals surface area contributed by atoms with Gasteiger partial charge in [0.2, 0.25) is 5.28 Å². The third-order valence-electron chi connectivity index (χ3n) is 4.34. The molecule has 2 aromatic heterocycles. The second kappa shape index (κ2) is 7.27. The van der Waals surface area contributed by atoms with Gasteiger partial charge < -0.3 is 4.57 Å². The van der Waals surface area contributed by atoms with Gasteiger partial charge in [0.15, 0.2) is 11.6 Å². The first-order chi connectivity index (χ1) is 11.9. The van der Waals surface area contributed by atoms with Crippen LogP contribution in [-0.2, 0) is 12.0 Å². The first-order valence-electron chi connectivity index (χ1n) is 8.26. The monoisotopic (exact) mass is 380 g/mol. The molecule has 3 heterocycles. The van der Waals surface area contributed by atoms with Gasteiger partial charge in [0.05, 0.1) is 11.7 Å². The Balaban J connectivity index is 0.000000784. The fourth-order valence-corrected chi connectivity index (χ4v) is 3.37. The molecule has 0 spiro atoms. The topological polar surface area (TPSA) is 43.6 Å². The maximum atomic E-state index is 14.5. The number of aryl methyl sites for hydroxylation is 1. The molecule has 0 bridgehead atoms. The molecular formula is C19H23ClF2N4. The third kappa shape index (κ3) is 3.18. The lowest BCUT2D eigenvalue weighted by Gasteiger charge is -2.22. The zero-order valence-corrected chi connectivity index (χ0v) is 15.3. The summed E-state index contributed by atoms with van der Waals surface area (Å²) in [6.07, 6.45) is 2.71. The predicted octanol–water partition coefficient (Wildman–Crippen LogP) is 5.77. The highest BCUT2D eigenvalue weighted by atomic mass is 35.5. The SMILES string of the molecule is C.CC.CC1(C)CCc2nc3c(F)cc(-c4nc(Cl)ncc4F)cc3n21. The van der Waals surface area contributed by atoms with Crippen LogP contribution in [0.3, 0.4) is 0 Å². The van der Waals surface area contributed by atoms with Gasteiger partial charge in [0, 0.05) is 17.5 Å². The Morgan fingerprint density at radius 3 is 2.50 bits per heavy atom. The van der Waals surface area contributed by atoms with Crippen LogP contribution in [-0.4, -0.2) is 19.5 Å². The van der Waals surface area contributed by atoms with Crippen LogP contribution in [0.5, 0.6) is 0 Å². The van der Waals surface area contributed by atoms with Crippen LogP contribution in [0.25, 0.3) is 22.3 Å². The molecule has 0 unspecified atom stereocenters. The minimum atomic E-state index is -0.645. The molecule has 1 aliphatic rings.